The van der Waals surface area contributed by atoms with Crippen LogP contribution in [0.3, 0.4) is 0 Å². The molecule has 0 saturated heterocycles. The first-order valence-electron chi connectivity index (χ1n) is 6.81. The summed E-state index contributed by atoms with van der Waals surface area (Å²) >= 11 is 3.42. The van der Waals surface area contributed by atoms with Gasteiger partial charge in [0.15, 0.2) is 0 Å². The molecule has 0 atom stereocenters. The van der Waals surface area contributed by atoms with Crippen LogP contribution in [0.2, 0.25) is 0 Å². The van der Waals surface area contributed by atoms with E-state index in [1.54, 1.807) is 0 Å². The third-order valence-electron chi connectivity index (χ3n) is 3.83. The molecule has 0 aliphatic heterocycles. The molecule has 1 aromatic rings. The van der Waals surface area contributed by atoms with Crippen molar-refractivity contribution in [2.75, 3.05) is 7.05 Å². The van der Waals surface area contributed by atoms with Gasteiger partial charge in [0, 0.05) is 30.0 Å². The average Bonchev–Trinajstić information content (AvgIpc) is 2.41. The van der Waals surface area contributed by atoms with Crippen molar-refractivity contribution in [3.63, 3.8) is 0 Å². The molecule has 19 heavy (non-hydrogen) atoms. The van der Waals surface area contributed by atoms with Gasteiger partial charge in [0.25, 0.3) is 0 Å². The second-order valence-corrected chi connectivity index (χ2v) is 6.35. The number of carbonyl (C=O) groups excluding carboxylic acids is 1. The van der Waals surface area contributed by atoms with E-state index in [1.165, 1.54) is 0 Å². The molecule has 0 aromatic heterocycles. The number of amides is 1. The van der Waals surface area contributed by atoms with Crippen molar-refractivity contribution in [1.29, 1.82) is 0 Å². The van der Waals surface area contributed by atoms with E-state index >= 15 is 0 Å². The molecule has 1 amide bonds. The van der Waals surface area contributed by atoms with Gasteiger partial charge in [-0.05, 0) is 43.4 Å². The van der Waals surface area contributed by atoms with Crippen LogP contribution in [-0.4, -0.2) is 23.9 Å². The van der Waals surface area contributed by atoms with Crippen molar-refractivity contribution in [3.8, 4) is 0 Å². The third kappa shape index (κ3) is 4.05. The highest BCUT2D eigenvalue weighted by atomic mass is 79.9. The molecule has 104 valence electrons. The molecule has 1 aliphatic rings. The largest absolute Gasteiger partial charge is 0.341 e. The molecule has 1 fully saturated rings. The number of rotatable bonds is 3. The Labute approximate surface area is 123 Å². The number of nitrogens with two attached hydrogens (primary N) is 1. The Bertz CT molecular complexity index is 424. The van der Waals surface area contributed by atoms with Gasteiger partial charge >= 0.3 is 0 Å². The third-order valence-corrected chi connectivity index (χ3v) is 4.36. The first-order chi connectivity index (χ1) is 9.06. The smallest absolute Gasteiger partial charge is 0.225 e. The van der Waals surface area contributed by atoms with Crippen molar-refractivity contribution in [3.05, 3.63) is 34.3 Å². The maximum absolute atomic E-state index is 12.4. The van der Waals surface area contributed by atoms with Crippen molar-refractivity contribution in [1.82, 2.24) is 4.90 Å². The highest BCUT2D eigenvalue weighted by Crippen LogP contribution is 2.25. The number of carbonyl (C=O) groups is 1. The van der Waals surface area contributed by atoms with Gasteiger partial charge in [0.1, 0.15) is 0 Å². The van der Waals surface area contributed by atoms with Gasteiger partial charge in [-0.3, -0.25) is 4.79 Å². The summed E-state index contributed by atoms with van der Waals surface area (Å²) in [5, 5.41) is 0. The molecule has 2 rings (SSSR count). The Balaban J connectivity index is 1.90. The number of benzene rings is 1. The van der Waals surface area contributed by atoms with Crippen LogP contribution in [0.1, 0.15) is 31.2 Å². The van der Waals surface area contributed by atoms with Crippen LogP contribution in [0.15, 0.2) is 28.7 Å². The second-order valence-electron chi connectivity index (χ2n) is 5.43. The van der Waals surface area contributed by atoms with Gasteiger partial charge in [-0.1, -0.05) is 28.1 Å². The molecule has 4 heteroatoms. The maximum Gasteiger partial charge on any atom is 0.225 e. The fourth-order valence-corrected chi connectivity index (χ4v) is 2.88. The molecule has 0 spiro atoms. The van der Waals surface area contributed by atoms with Crippen LogP contribution in [0.4, 0.5) is 0 Å². The maximum atomic E-state index is 12.4. The molecule has 3 nitrogen and oxygen atoms in total. The molecular formula is C15H21BrN2O. The lowest BCUT2D eigenvalue weighted by Crippen LogP contribution is -2.37. The number of halogens is 1. The van der Waals surface area contributed by atoms with Gasteiger partial charge in [-0.25, -0.2) is 0 Å². The lowest BCUT2D eigenvalue weighted by atomic mass is 9.85. The summed E-state index contributed by atoms with van der Waals surface area (Å²) in [5.41, 5.74) is 7.04. The topological polar surface area (TPSA) is 46.3 Å². The van der Waals surface area contributed by atoms with Crippen molar-refractivity contribution in [2.24, 2.45) is 11.7 Å². The van der Waals surface area contributed by atoms with E-state index in [4.69, 9.17) is 5.73 Å². The summed E-state index contributed by atoms with van der Waals surface area (Å²) in [4.78, 5) is 14.2. The van der Waals surface area contributed by atoms with E-state index in [0.29, 0.717) is 12.6 Å². The van der Waals surface area contributed by atoms with Crippen molar-refractivity contribution < 1.29 is 4.79 Å². The Hall–Kier alpha value is -0.870. The molecule has 0 unspecified atom stereocenters. The molecule has 0 radical (unpaired) electrons. The summed E-state index contributed by atoms with van der Waals surface area (Å²) in [6, 6.07) is 8.40. The van der Waals surface area contributed by atoms with Gasteiger partial charge < -0.3 is 10.6 Å². The molecule has 1 aliphatic carbocycles. The quantitative estimate of drug-likeness (QED) is 0.929. The fraction of sp³-hybridized carbons (Fsp3) is 0.533. The zero-order valence-electron chi connectivity index (χ0n) is 11.3. The first-order valence-corrected chi connectivity index (χ1v) is 7.60. The number of hydrogen-bond donors (Lipinski definition) is 1. The van der Waals surface area contributed by atoms with Gasteiger partial charge in [-0.15, -0.1) is 0 Å². The Morgan fingerprint density at radius 3 is 2.42 bits per heavy atom. The summed E-state index contributed by atoms with van der Waals surface area (Å²) in [5.74, 6) is 0.426. The predicted molar refractivity (Wildman–Crippen MR) is 80.5 cm³/mol. The summed E-state index contributed by atoms with van der Waals surface area (Å²) in [6.07, 6.45) is 3.82. The Kier molecular flexibility index (Phi) is 4.99. The standard InChI is InChI=1S/C15H21BrN2O/c1-18(10-11-2-6-13(16)7-3-11)15(19)12-4-8-14(17)9-5-12/h2-3,6-7,12,14H,4-5,8-10,17H2,1H3. The molecule has 2 N–H and O–H groups in total. The summed E-state index contributed by atoms with van der Waals surface area (Å²) in [6.45, 7) is 0.675. The highest BCUT2D eigenvalue weighted by molar-refractivity contribution is 9.10. The number of nitrogens with zero attached hydrogens (tertiary/aromatic N) is 1. The van der Waals surface area contributed by atoms with E-state index in [-0.39, 0.29) is 11.8 Å². The van der Waals surface area contributed by atoms with Gasteiger partial charge in [0.05, 0.1) is 0 Å². The van der Waals surface area contributed by atoms with E-state index in [1.807, 2.05) is 36.2 Å². The van der Waals surface area contributed by atoms with Crippen LogP contribution in [0.25, 0.3) is 0 Å². The normalized spacial score (nSPS) is 23.1. The Morgan fingerprint density at radius 2 is 1.84 bits per heavy atom. The van der Waals surface area contributed by atoms with Crippen molar-refractivity contribution >= 4 is 21.8 Å². The fourth-order valence-electron chi connectivity index (χ4n) is 2.62. The minimum Gasteiger partial charge on any atom is -0.341 e. The lowest BCUT2D eigenvalue weighted by Gasteiger charge is -2.29. The van der Waals surface area contributed by atoms with Crippen LogP contribution in [-0.2, 0) is 11.3 Å². The van der Waals surface area contributed by atoms with E-state index in [2.05, 4.69) is 15.9 Å². The van der Waals surface area contributed by atoms with Crippen LogP contribution in [0, 0.1) is 5.92 Å². The van der Waals surface area contributed by atoms with E-state index < -0.39 is 0 Å². The minimum absolute atomic E-state index is 0.167. The number of hydrogen-bond acceptors (Lipinski definition) is 2. The molecule has 0 bridgehead atoms. The monoisotopic (exact) mass is 324 g/mol. The zero-order chi connectivity index (χ0) is 13.8. The van der Waals surface area contributed by atoms with Gasteiger partial charge in [-0.2, -0.15) is 0 Å². The van der Waals surface area contributed by atoms with Crippen LogP contribution < -0.4 is 5.73 Å². The van der Waals surface area contributed by atoms with Crippen molar-refractivity contribution in [2.45, 2.75) is 38.3 Å². The highest BCUT2D eigenvalue weighted by Gasteiger charge is 2.26. The zero-order valence-corrected chi connectivity index (χ0v) is 12.9. The molecule has 1 aromatic carbocycles. The first kappa shape index (κ1) is 14.5. The Morgan fingerprint density at radius 1 is 1.26 bits per heavy atom. The van der Waals surface area contributed by atoms with E-state index in [0.717, 1.165) is 35.7 Å². The second kappa shape index (κ2) is 6.53. The molecule has 1 saturated carbocycles. The van der Waals surface area contributed by atoms with Crippen LogP contribution >= 0.6 is 15.9 Å². The molecular weight excluding hydrogens is 304 g/mol. The minimum atomic E-state index is 0.167. The summed E-state index contributed by atoms with van der Waals surface area (Å²) in [7, 11) is 1.89. The SMILES string of the molecule is CN(Cc1ccc(Br)cc1)C(=O)C1CCC(N)CC1. The lowest BCUT2D eigenvalue weighted by molar-refractivity contribution is -0.135. The average molecular weight is 325 g/mol. The van der Waals surface area contributed by atoms with E-state index in [9.17, 15) is 4.79 Å². The van der Waals surface area contributed by atoms with Gasteiger partial charge in [0.2, 0.25) is 5.91 Å². The molecule has 0 heterocycles. The van der Waals surface area contributed by atoms with Crippen LogP contribution in [0.5, 0.6) is 0 Å². The summed E-state index contributed by atoms with van der Waals surface area (Å²) < 4.78 is 1.06. The predicted octanol–water partition coefficient (Wildman–Crippen LogP) is 2.93.